The van der Waals surface area contributed by atoms with Gasteiger partial charge < -0.3 is 14.7 Å². The first-order valence-corrected chi connectivity index (χ1v) is 7.85. The Morgan fingerprint density at radius 2 is 1.91 bits per heavy atom. The van der Waals surface area contributed by atoms with Gasteiger partial charge in [0.25, 0.3) is 0 Å². The highest BCUT2D eigenvalue weighted by Crippen LogP contribution is 2.40. The molecule has 22 heavy (non-hydrogen) atoms. The van der Waals surface area contributed by atoms with Crippen LogP contribution in [0.2, 0.25) is 0 Å². The maximum Gasteiger partial charge on any atom is 0.391 e. The average Bonchev–Trinajstić information content (AvgIpc) is 2.90. The number of carbonyl (C=O) groups is 1. The number of likely N-dealkylation sites (tertiary alicyclic amines) is 1. The molecule has 0 radical (unpaired) electrons. The molecule has 0 aromatic heterocycles. The summed E-state index contributed by atoms with van der Waals surface area (Å²) in [6.45, 7) is 0.352. The first kappa shape index (κ1) is 17.5. The van der Waals surface area contributed by atoms with E-state index in [9.17, 15) is 23.1 Å². The van der Waals surface area contributed by atoms with Crippen LogP contribution in [0.15, 0.2) is 0 Å². The molecular formula is C15H24F3NO3. The molecule has 2 atom stereocenters. The van der Waals surface area contributed by atoms with Crippen molar-refractivity contribution in [1.29, 1.82) is 0 Å². The van der Waals surface area contributed by atoms with Crippen molar-refractivity contribution >= 4 is 5.91 Å². The van der Waals surface area contributed by atoms with Crippen molar-refractivity contribution < 1.29 is 27.8 Å². The van der Waals surface area contributed by atoms with Crippen LogP contribution in [0.3, 0.4) is 0 Å². The lowest BCUT2D eigenvalue weighted by atomic mass is 9.80. The summed E-state index contributed by atoms with van der Waals surface area (Å²) < 4.78 is 43.2. The second-order valence-electron chi connectivity index (χ2n) is 6.44. The average molecular weight is 323 g/mol. The van der Waals surface area contributed by atoms with E-state index in [0.717, 1.165) is 0 Å². The van der Waals surface area contributed by atoms with Crippen molar-refractivity contribution in [1.82, 2.24) is 4.90 Å². The van der Waals surface area contributed by atoms with Gasteiger partial charge >= 0.3 is 6.18 Å². The number of halogens is 3. The van der Waals surface area contributed by atoms with Crippen molar-refractivity contribution in [2.75, 3.05) is 20.3 Å². The van der Waals surface area contributed by atoms with E-state index in [4.69, 9.17) is 4.74 Å². The van der Waals surface area contributed by atoms with Crippen LogP contribution in [0.1, 0.15) is 38.5 Å². The lowest BCUT2D eigenvalue weighted by molar-refractivity contribution is -0.184. The first-order valence-electron chi connectivity index (χ1n) is 7.85. The maximum absolute atomic E-state index is 12.6. The quantitative estimate of drug-likeness (QED) is 0.864. The summed E-state index contributed by atoms with van der Waals surface area (Å²) in [6.07, 6.45) is -2.17. The van der Waals surface area contributed by atoms with E-state index in [2.05, 4.69) is 0 Å². The molecule has 0 spiro atoms. The fourth-order valence-electron chi connectivity index (χ4n) is 3.58. The second kappa shape index (κ2) is 7.17. The topological polar surface area (TPSA) is 49.8 Å². The third kappa shape index (κ3) is 4.13. The Labute approximate surface area is 128 Å². The minimum absolute atomic E-state index is 0.0204. The smallest absolute Gasteiger partial charge is 0.391 e. The molecule has 1 amide bonds. The summed E-state index contributed by atoms with van der Waals surface area (Å²) in [4.78, 5) is 14.0. The van der Waals surface area contributed by atoms with Crippen LogP contribution >= 0.6 is 0 Å². The zero-order valence-corrected chi connectivity index (χ0v) is 12.8. The van der Waals surface area contributed by atoms with E-state index in [1.807, 2.05) is 0 Å². The third-order valence-corrected chi connectivity index (χ3v) is 5.01. The molecule has 2 rings (SSSR count). The van der Waals surface area contributed by atoms with Crippen LogP contribution < -0.4 is 0 Å². The number of rotatable bonds is 4. The number of aliphatic hydroxyl groups is 1. The SMILES string of the molecule is CO[C@@H]1C[C@@H](CO)N(C(=O)CC2CCC(C(F)(F)F)CC2)C1. The number of aliphatic hydroxyl groups excluding tert-OH is 1. The number of hydrogen-bond donors (Lipinski definition) is 1. The van der Waals surface area contributed by atoms with Crippen molar-refractivity contribution in [3.8, 4) is 0 Å². The predicted octanol–water partition coefficient (Wildman–Crippen LogP) is 2.35. The van der Waals surface area contributed by atoms with Crippen molar-refractivity contribution in [2.24, 2.45) is 11.8 Å². The molecule has 7 heteroatoms. The standard InChI is InChI=1S/C15H24F3NO3/c1-22-13-7-12(9-20)19(8-13)14(21)6-10-2-4-11(5-3-10)15(16,17)18/h10-13,20H,2-9H2,1H3/t10?,11?,12-,13+/m0/s1. The molecular weight excluding hydrogens is 299 g/mol. The molecule has 128 valence electrons. The fraction of sp³-hybridized carbons (Fsp3) is 0.933. The van der Waals surface area contributed by atoms with Gasteiger partial charge in [0.05, 0.1) is 24.7 Å². The number of carbonyl (C=O) groups excluding carboxylic acids is 1. The Kier molecular flexibility index (Phi) is 5.71. The highest BCUT2D eigenvalue weighted by molar-refractivity contribution is 5.77. The monoisotopic (exact) mass is 323 g/mol. The highest BCUT2D eigenvalue weighted by Gasteiger charge is 2.42. The molecule has 0 aromatic carbocycles. The minimum Gasteiger partial charge on any atom is -0.394 e. The van der Waals surface area contributed by atoms with Gasteiger partial charge in [-0.25, -0.2) is 0 Å². The summed E-state index contributed by atoms with van der Waals surface area (Å²) in [6, 6.07) is -0.232. The number of ether oxygens (including phenoxy) is 1. The molecule has 1 N–H and O–H groups in total. The minimum atomic E-state index is -4.11. The molecule has 2 fully saturated rings. The molecule has 2 aliphatic rings. The van der Waals surface area contributed by atoms with Gasteiger partial charge in [-0.2, -0.15) is 13.2 Å². The van der Waals surface area contributed by atoms with E-state index in [1.165, 1.54) is 0 Å². The molecule has 1 saturated heterocycles. The Bertz CT molecular complexity index is 381. The van der Waals surface area contributed by atoms with Crippen LogP contribution in [-0.4, -0.2) is 54.5 Å². The van der Waals surface area contributed by atoms with Crippen LogP contribution in [0.25, 0.3) is 0 Å². The molecule has 1 heterocycles. The number of methoxy groups -OCH3 is 1. The van der Waals surface area contributed by atoms with Crippen LogP contribution in [-0.2, 0) is 9.53 Å². The number of hydrogen-bond acceptors (Lipinski definition) is 3. The molecule has 1 saturated carbocycles. The van der Waals surface area contributed by atoms with Crippen molar-refractivity contribution in [3.05, 3.63) is 0 Å². The summed E-state index contributed by atoms with van der Waals surface area (Å²) in [5.74, 6) is -1.27. The van der Waals surface area contributed by atoms with Gasteiger partial charge in [0.15, 0.2) is 0 Å². The van der Waals surface area contributed by atoms with E-state index in [-0.39, 0.29) is 49.8 Å². The zero-order chi connectivity index (χ0) is 16.3. The Balaban J connectivity index is 1.83. The largest absolute Gasteiger partial charge is 0.394 e. The maximum atomic E-state index is 12.6. The lowest BCUT2D eigenvalue weighted by Gasteiger charge is -2.31. The van der Waals surface area contributed by atoms with Gasteiger partial charge in [0.1, 0.15) is 0 Å². The van der Waals surface area contributed by atoms with Gasteiger partial charge in [-0.3, -0.25) is 4.79 Å². The second-order valence-corrected chi connectivity index (χ2v) is 6.44. The zero-order valence-electron chi connectivity index (χ0n) is 12.8. The van der Waals surface area contributed by atoms with Gasteiger partial charge in [0.2, 0.25) is 5.91 Å². The van der Waals surface area contributed by atoms with Gasteiger partial charge in [-0.05, 0) is 38.0 Å². The van der Waals surface area contributed by atoms with E-state index in [1.54, 1.807) is 12.0 Å². The Morgan fingerprint density at radius 3 is 2.41 bits per heavy atom. The van der Waals surface area contributed by atoms with E-state index >= 15 is 0 Å². The summed E-state index contributed by atoms with van der Waals surface area (Å²) >= 11 is 0. The summed E-state index contributed by atoms with van der Waals surface area (Å²) in [7, 11) is 1.57. The van der Waals surface area contributed by atoms with Crippen molar-refractivity contribution in [2.45, 2.75) is 56.8 Å². The fourth-order valence-corrected chi connectivity index (χ4v) is 3.58. The van der Waals surface area contributed by atoms with E-state index < -0.39 is 12.1 Å². The number of alkyl halides is 3. The van der Waals surface area contributed by atoms with Crippen LogP contribution in [0.5, 0.6) is 0 Å². The van der Waals surface area contributed by atoms with Crippen LogP contribution in [0, 0.1) is 11.8 Å². The number of amides is 1. The molecule has 0 aromatic rings. The summed E-state index contributed by atoms with van der Waals surface area (Å²) in [5, 5.41) is 9.35. The Hall–Kier alpha value is -0.820. The number of nitrogens with zero attached hydrogens (tertiary/aromatic N) is 1. The summed E-state index contributed by atoms with van der Waals surface area (Å²) in [5.41, 5.74) is 0. The Morgan fingerprint density at radius 1 is 1.27 bits per heavy atom. The van der Waals surface area contributed by atoms with Gasteiger partial charge in [-0.15, -0.1) is 0 Å². The lowest BCUT2D eigenvalue weighted by Crippen LogP contribution is -2.39. The molecule has 1 aliphatic carbocycles. The van der Waals surface area contributed by atoms with Gasteiger partial charge in [-0.1, -0.05) is 0 Å². The third-order valence-electron chi connectivity index (χ3n) is 5.01. The highest BCUT2D eigenvalue weighted by atomic mass is 19.4. The van der Waals surface area contributed by atoms with E-state index in [0.29, 0.717) is 25.8 Å². The first-order chi connectivity index (χ1) is 10.3. The normalized spacial score (nSPS) is 33.2. The van der Waals surface area contributed by atoms with Gasteiger partial charge in [0, 0.05) is 20.1 Å². The predicted molar refractivity (Wildman–Crippen MR) is 74.1 cm³/mol. The molecule has 4 nitrogen and oxygen atoms in total. The molecule has 0 unspecified atom stereocenters. The van der Waals surface area contributed by atoms with Crippen molar-refractivity contribution in [3.63, 3.8) is 0 Å². The van der Waals surface area contributed by atoms with Crippen LogP contribution in [0.4, 0.5) is 13.2 Å². The molecule has 1 aliphatic heterocycles. The molecule has 0 bridgehead atoms.